The molecule has 0 spiro atoms. The van der Waals surface area contributed by atoms with E-state index >= 15 is 0 Å². The van der Waals surface area contributed by atoms with Gasteiger partial charge in [-0.15, -0.1) is 11.8 Å². The quantitative estimate of drug-likeness (QED) is 0.789. The Kier molecular flexibility index (Phi) is 6.24. The molecular formula is C13H17F2NO2S. The van der Waals surface area contributed by atoms with Gasteiger partial charge in [-0.2, -0.15) is 0 Å². The lowest BCUT2D eigenvalue weighted by molar-refractivity contribution is -0.119. The van der Waals surface area contributed by atoms with Crippen molar-refractivity contribution in [2.45, 2.75) is 24.8 Å². The van der Waals surface area contributed by atoms with E-state index in [0.29, 0.717) is 4.90 Å². The van der Waals surface area contributed by atoms with Gasteiger partial charge in [0, 0.05) is 11.4 Å². The Bertz CT molecular complexity index is 441. The Morgan fingerprint density at radius 2 is 2.05 bits per heavy atom. The van der Waals surface area contributed by atoms with Crippen LogP contribution >= 0.6 is 11.8 Å². The molecular weight excluding hydrogens is 272 g/mol. The molecule has 106 valence electrons. The van der Waals surface area contributed by atoms with Gasteiger partial charge in [-0.1, -0.05) is 13.8 Å². The molecule has 6 heteroatoms. The van der Waals surface area contributed by atoms with E-state index in [0.717, 1.165) is 23.9 Å². The Labute approximate surface area is 115 Å². The fraction of sp³-hybridized carbons (Fsp3) is 0.462. The second-order valence-corrected chi connectivity index (χ2v) is 5.53. The Hall–Kier alpha value is -1.14. The van der Waals surface area contributed by atoms with Gasteiger partial charge in [-0.05, 0) is 24.1 Å². The molecule has 19 heavy (non-hydrogen) atoms. The number of hydrogen-bond donors (Lipinski definition) is 2. The molecule has 0 aliphatic rings. The van der Waals surface area contributed by atoms with Crippen molar-refractivity contribution < 1.29 is 18.7 Å². The van der Waals surface area contributed by atoms with E-state index in [-0.39, 0.29) is 24.1 Å². The number of rotatable bonds is 6. The van der Waals surface area contributed by atoms with Crippen LogP contribution in [0.2, 0.25) is 0 Å². The van der Waals surface area contributed by atoms with Crippen LogP contribution in [0.1, 0.15) is 13.8 Å². The van der Waals surface area contributed by atoms with Gasteiger partial charge in [-0.3, -0.25) is 4.79 Å². The zero-order valence-corrected chi connectivity index (χ0v) is 11.6. The minimum Gasteiger partial charge on any atom is -0.391 e. The molecule has 0 fully saturated rings. The van der Waals surface area contributed by atoms with Gasteiger partial charge in [0.05, 0.1) is 11.9 Å². The number of carbonyl (C=O) groups excluding carboxylic acids is 1. The van der Waals surface area contributed by atoms with Gasteiger partial charge >= 0.3 is 0 Å². The first-order valence-corrected chi connectivity index (χ1v) is 6.91. The van der Waals surface area contributed by atoms with Crippen LogP contribution in [0.15, 0.2) is 23.1 Å². The van der Waals surface area contributed by atoms with Crippen molar-refractivity contribution in [2.24, 2.45) is 5.92 Å². The van der Waals surface area contributed by atoms with Crippen molar-refractivity contribution in [3.8, 4) is 0 Å². The lowest BCUT2D eigenvalue weighted by Crippen LogP contribution is -2.35. The summed E-state index contributed by atoms with van der Waals surface area (Å²) in [5.41, 5.74) is 0. The topological polar surface area (TPSA) is 49.3 Å². The van der Waals surface area contributed by atoms with E-state index in [1.807, 2.05) is 13.8 Å². The van der Waals surface area contributed by atoms with Crippen LogP contribution in [0, 0.1) is 17.6 Å². The first-order valence-electron chi connectivity index (χ1n) is 5.92. The normalized spacial score (nSPS) is 12.5. The largest absolute Gasteiger partial charge is 0.391 e. The highest BCUT2D eigenvalue weighted by Gasteiger charge is 2.11. The number of thioether (sulfide) groups is 1. The van der Waals surface area contributed by atoms with Crippen LogP contribution < -0.4 is 5.32 Å². The van der Waals surface area contributed by atoms with Gasteiger partial charge < -0.3 is 10.4 Å². The number of aliphatic hydroxyl groups excluding tert-OH is 1. The maximum absolute atomic E-state index is 12.9. The summed E-state index contributed by atoms with van der Waals surface area (Å²) in [5, 5.41) is 12.1. The van der Waals surface area contributed by atoms with Crippen LogP contribution in [0.4, 0.5) is 8.78 Å². The maximum atomic E-state index is 12.9. The van der Waals surface area contributed by atoms with Crippen molar-refractivity contribution >= 4 is 17.7 Å². The zero-order valence-electron chi connectivity index (χ0n) is 10.8. The van der Waals surface area contributed by atoms with Crippen molar-refractivity contribution in [1.82, 2.24) is 5.32 Å². The van der Waals surface area contributed by atoms with E-state index in [1.54, 1.807) is 0 Å². The predicted octanol–water partition coefficient (Wildman–Crippen LogP) is 2.19. The van der Waals surface area contributed by atoms with Gasteiger partial charge in [0.25, 0.3) is 0 Å². The number of benzene rings is 1. The Morgan fingerprint density at radius 3 is 2.63 bits per heavy atom. The standard InChI is InChI=1S/C13H17F2NO2S/c1-8(2)12(17)6-16-13(18)7-19-9-3-4-10(14)11(15)5-9/h3-5,8,12,17H,6-7H2,1-2H3,(H,16,18). The number of nitrogens with one attached hydrogen (secondary N) is 1. The SMILES string of the molecule is CC(C)C(O)CNC(=O)CSc1ccc(F)c(F)c1. The lowest BCUT2D eigenvalue weighted by Gasteiger charge is -2.14. The fourth-order valence-electron chi connectivity index (χ4n) is 1.22. The molecule has 0 saturated carbocycles. The summed E-state index contributed by atoms with van der Waals surface area (Å²) >= 11 is 1.11. The summed E-state index contributed by atoms with van der Waals surface area (Å²) < 4.78 is 25.6. The fourth-order valence-corrected chi connectivity index (χ4v) is 1.97. The molecule has 1 atom stereocenters. The summed E-state index contributed by atoms with van der Waals surface area (Å²) in [7, 11) is 0. The lowest BCUT2D eigenvalue weighted by atomic mass is 10.1. The monoisotopic (exact) mass is 289 g/mol. The van der Waals surface area contributed by atoms with E-state index < -0.39 is 17.7 Å². The second-order valence-electron chi connectivity index (χ2n) is 4.48. The van der Waals surface area contributed by atoms with Crippen molar-refractivity contribution in [3.05, 3.63) is 29.8 Å². The Balaban J connectivity index is 2.35. The molecule has 0 radical (unpaired) electrons. The maximum Gasteiger partial charge on any atom is 0.230 e. The predicted molar refractivity (Wildman–Crippen MR) is 70.9 cm³/mol. The third kappa shape index (κ3) is 5.57. The molecule has 0 bridgehead atoms. The van der Waals surface area contributed by atoms with Crippen molar-refractivity contribution in [1.29, 1.82) is 0 Å². The molecule has 1 aromatic carbocycles. The smallest absolute Gasteiger partial charge is 0.230 e. The van der Waals surface area contributed by atoms with Gasteiger partial charge in [0.15, 0.2) is 11.6 Å². The molecule has 3 nitrogen and oxygen atoms in total. The highest BCUT2D eigenvalue weighted by atomic mass is 32.2. The van der Waals surface area contributed by atoms with E-state index in [9.17, 15) is 18.7 Å². The van der Waals surface area contributed by atoms with Crippen molar-refractivity contribution in [3.63, 3.8) is 0 Å². The number of aliphatic hydroxyl groups is 1. The molecule has 1 rings (SSSR count). The van der Waals surface area contributed by atoms with Gasteiger partial charge in [0.2, 0.25) is 5.91 Å². The van der Waals surface area contributed by atoms with Crippen LogP contribution in [-0.4, -0.2) is 29.4 Å². The van der Waals surface area contributed by atoms with E-state index in [2.05, 4.69) is 5.32 Å². The van der Waals surface area contributed by atoms with Crippen molar-refractivity contribution in [2.75, 3.05) is 12.3 Å². The van der Waals surface area contributed by atoms with Crippen LogP contribution in [0.3, 0.4) is 0 Å². The highest BCUT2D eigenvalue weighted by Crippen LogP contribution is 2.19. The summed E-state index contributed by atoms with van der Waals surface area (Å²) in [6.45, 7) is 3.90. The van der Waals surface area contributed by atoms with Crippen LogP contribution in [-0.2, 0) is 4.79 Å². The number of amides is 1. The van der Waals surface area contributed by atoms with Crippen LogP contribution in [0.5, 0.6) is 0 Å². The molecule has 1 aromatic rings. The average molecular weight is 289 g/mol. The van der Waals surface area contributed by atoms with Gasteiger partial charge in [-0.25, -0.2) is 8.78 Å². The summed E-state index contributed by atoms with van der Waals surface area (Å²) in [4.78, 5) is 12.0. The molecule has 0 aliphatic carbocycles. The van der Waals surface area contributed by atoms with E-state index in [4.69, 9.17) is 0 Å². The Morgan fingerprint density at radius 1 is 1.37 bits per heavy atom. The first kappa shape index (κ1) is 15.9. The summed E-state index contributed by atoms with van der Waals surface area (Å²) in [6.07, 6.45) is -0.586. The molecule has 1 unspecified atom stereocenters. The number of hydrogen-bond acceptors (Lipinski definition) is 3. The second kappa shape index (κ2) is 7.45. The zero-order chi connectivity index (χ0) is 14.4. The molecule has 0 aliphatic heterocycles. The average Bonchev–Trinajstić information content (AvgIpc) is 2.37. The van der Waals surface area contributed by atoms with Gasteiger partial charge in [0.1, 0.15) is 0 Å². The molecule has 1 amide bonds. The molecule has 0 saturated heterocycles. The molecule has 0 aromatic heterocycles. The minimum absolute atomic E-state index is 0.0687. The third-order valence-corrected chi connectivity index (χ3v) is 3.53. The number of carbonyl (C=O) groups is 1. The molecule has 0 heterocycles. The summed E-state index contributed by atoms with van der Waals surface area (Å²) in [5.74, 6) is -1.93. The number of halogens is 2. The van der Waals surface area contributed by atoms with E-state index in [1.165, 1.54) is 6.07 Å². The minimum atomic E-state index is -0.930. The highest BCUT2D eigenvalue weighted by molar-refractivity contribution is 8.00. The first-order chi connectivity index (χ1) is 8.90. The van der Waals surface area contributed by atoms with Crippen LogP contribution in [0.25, 0.3) is 0 Å². The molecule has 2 N–H and O–H groups in total. The third-order valence-electron chi connectivity index (χ3n) is 2.54. The summed E-state index contributed by atoms with van der Waals surface area (Å²) in [6, 6.07) is 3.49.